The molecular formula is C16H13Cl2N5O. The Morgan fingerprint density at radius 2 is 1.96 bits per heavy atom. The van der Waals surface area contributed by atoms with E-state index in [9.17, 15) is 4.79 Å². The molecule has 3 rings (SSSR count). The maximum absolute atomic E-state index is 12.3. The summed E-state index contributed by atoms with van der Waals surface area (Å²) in [6, 6.07) is 10.1. The van der Waals surface area contributed by atoms with Crippen molar-refractivity contribution in [1.29, 1.82) is 0 Å². The molecule has 0 aliphatic heterocycles. The molecule has 0 spiro atoms. The van der Waals surface area contributed by atoms with Gasteiger partial charge in [-0.15, -0.1) is 0 Å². The van der Waals surface area contributed by atoms with Gasteiger partial charge in [0, 0.05) is 16.8 Å². The van der Waals surface area contributed by atoms with Crippen molar-refractivity contribution in [3.63, 3.8) is 0 Å². The van der Waals surface area contributed by atoms with Crippen LogP contribution in [0.5, 0.6) is 0 Å². The lowest BCUT2D eigenvalue weighted by atomic mass is 10.2. The molecule has 0 fully saturated rings. The second-order valence-corrected chi connectivity index (χ2v) is 5.88. The highest BCUT2D eigenvalue weighted by Crippen LogP contribution is 2.20. The van der Waals surface area contributed by atoms with Gasteiger partial charge in [-0.2, -0.15) is 5.10 Å². The van der Waals surface area contributed by atoms with Gasteiger partial charge in [-0.25, -0.2) is 9.97 Å². The van der Waals surface area contributed by atoms with E-state index in [0.29, 0.717) is 22.2 Å². The smallest absolute Gasteiger partial charge is 0.254 e. The minimum atomic E-state index is -0.373. The van der Waals surface area contributed by atoms with Crippen LogP contribution in [-0.4, -0.2) is 26.1 Å². The lowest BCUT2D eigenvalue weighted by molar-refractivity contribution is 0.0938. The van der Waals surface area contributed by atoms with Gasteiger partial charge in [-0.1, -0.05) is 23.2 Å². The summed E-state index contributed by atoms with van der Waals surface area (Å²) < 4.78 is 0. The Morgan fingerprint density at radius 3 is 2.67 bits per heavy atom. The number of carbonyl (C=O) groups is 1. The van der Waals surface area contributed by atoms with Gasteiger partial charge < -0.3 is 5.32 Å². The number of nitrogens with one attached hydrogen (secondary N) is 2. The molecule has 0 saturated carbocycles. The molecule has 0 aliphatic rings. The van der Waals surface area contributed by atoms with Crippen LogP contribution < -0.4 is 5.32 Å². The number of halogens is 2. The summed E-state index contributed by atoms with van der Waals surface area (Å²) in [4.78, 5) is 20.5. The van der Waals surface area contributed by atoms with Gasteiger partial charge in [0.05, 0.1) is 11.6 Å². The molecule has 0 saturated heterocycles. The van der Waals surface area contributed by atoms with Crippen LogP contribution in [-0.2, 0) is 0 Å². The summed E-state index contributed by atoms with van der Waals surface area (Å²) in [6.45, 7) is 1.80. The molecule has 0 radical (unpaired) electrons. The molecule has 0 bridgehead atoms. The standard InChI is InChI=1S/C16H13Cl2N5O/c1-9(20-16(24)12-3-2-8-19-13(12)18)14-21-15(23-22-14)10-4-6-11(17)7-5-10/h2-9H,1H3,(H,20,24)(H,21,22,23). The SMILES string of the molecule is CC(NC(=O)c1cccnc1Cl)c1nc(-c2ccc(Cl)cc2)n[nH]1. The molecule has 1 unspecified atom stereocenters. The number of hydrogen-bond donors (Lipinski definition) is 2. The number of hydrogen-bond acceptors (Lipinski definition) is 4. The Morgan fingerprint density at radius 1 is 1.21 bits per heavy atom. The molecule has 2 heterocycles. The van der Waals surface area contributed by atoms with Crippen molar-refractivity contribution in [2.45, 2.75) is 13.0 Å². The van der Waals surface area contributed by atoms with Crippen molar-refractivity contribution < 1.29 is 4.79 Å². The molecule has 3 aromatic rings. The molecule has 0 aliphatic carbocycles. The lowest BCUT2D eigenvalue weighted by Gasteiger charge is -2.11. The van der Waals surface area contributed by atoms with Gasteiger partial charge in [0.25, 0.3) is 5.91 Å². The molecular weight excluding hydrogens is 349 g/mol. The fourth-order valence-corrected chi connectivity index (χ4v) is 2.43. The maximum atomic E-state index is 12.3. The van der Waals surface area contributed by atoms with E-state index in [1.807, 2.05) is 12.1 Å². The average molecular weight is 362 g/mol. The highest BCUT2D eigenvalue weighted by Gasteiger charge is 2.17. The van der Waals surface area contributed by atoms with Gasteiger partial charge in [0.15, 0.2) is 5.82 Å². The first-order valence-corrected chi connectivity index (χ1v) is 7.90. The van der Waals surface area contributed by atoms with E-state index in [-0.39, 0.29) is 17.1 Å². The number of benzene rings is 1. The van der Waals surface area contributed by atoms with Crippen LogP contribution in [0.4, 0.5) is 0 Å². The van der Waals surface area contributed by atoms with Crippen LogP contribution in [0.1, 0.15) is 29.1 Å². The molecule has 2 N–H and O–H groups in total. The number of aromatic amines is 1. The van der Waals surface area contributed by atoms with Crippen molar-refractivity contribution in [2.24, 2.45) is 0 Å². The Bertz CT molecular complexity index is 863. The second-order valence-electron chi connectivity index (χ2n) is 5.09. The van der Waals surface area contributed by atoms with E-state index in [1.165, 1.54) is 6.20 Å². The third-order valence-corrected chi connectivity index (χ3v) is 3.92. The van der Waals surface area contributed by atoms with E-state index >= 15 is 0 Å². The van der Waals surface area contributed by atoms with Gasteiger partial charge in [-0.05, 0) is 43.3 Å². The van der Waals surface area contributed by atoms with Crippen molar-refractivity contribution in [1.82, 2.24) is 25.5 Å². The summed E-state index contributed by atoms with van der Waals surface area (Å²) in [5.41, 5.74) is 1.14. The fourth-order valence-electron chi connectivity index (χ4n) is 2.09. The fraction of sp³-hybridized carbons (Fsp3) is 0.125. The molecule has 6 nitrogen and oxygen atoms in total. The number of amides is 1. The van der Waals surface area contributed by atoms with Gasteiger partial charge in [0.2, 0.25) is 0 Å². The summed E-state index contributed by atoms with van der Waals surface area (Å²) in [5.74, 6) is 0.737. The predicted molar refractivity (Wildman–Crippen MR) is 92.0 cm³/mol. The van der Waals surface area contributed by atoms with Crippen LogP contribution in [0.25, 0.3) is 11.4 Å². The first-order chi connectivity index (χ1) is 11.5. The normalized spacial score (nSPS) is 12.0. The summed E-state index contributed by atoms with van der Waals surface area (Å²) in [6.07, 6.45) is 1.53. The minimum absolute atomic E-state index is 0.154. The zero-order chi connectivity index (χ0) is 17.1. The Kier molecular flexibility index (Phi) is 4.78. The summed E-state index contributed by atoms with van der Waals surface area (Å²) in [7, 11) is 0. The number of aromatic nitrogens is 4. The molecule has 1 amide bonds. The van der Waals surface area contributed by atoms with E-state index < -0.39 is 0 Å². The molecule has 8 heteroatoms. The number of carbonyl (C=O) groups excluding carboxylic acids is 1. The highest BCUT2D eigenvalue weighted by molar-refractivity contribution is 6.32. The first-order valence-electron chi connectivity index (χ1n) is 7.14. The van der Waals surface area contributed by atoms with E-state index in [1.54, 1.807) is 31.2 Å². The zero-order valence-corrected chi connectivity index (χ0v) is 14.1. The minimum Gasteiger partial charge on any atom is -0.342 e. The Labute approximate surface area is 148 Å². The van der Waals surface area contributed by atoms with E-state index in [2.05, 4.69) is 25.5 Å². The average Bonchev–Trinajstić information content (AvgIpc) is 3.06. The topological polar surface area (TPSA) is 83.6 Å². The molecule has 2 aromatic heterocycles. The van der Waals surface area contributed by atoms with E-state index in [4.69, 9.17) is 23.2 Å². The van der Waals surface area contributed by atoms with Crippen molar-refractivity contribution in [3.8, 4) is 11.4 Å². The predicted octanol–water partition coefficient (Wildman–Crippen LogP) is 3.66. The van der Waals surface area contributed by atoms with Crippen molar-refractivity contribution >= 4 is 29.1 Å². The summed E-state index contributed by atoms with van der Waals surface area (Å²) >= 11 is 11.8. The lowest BCUT2D eigenvalue weighted by Crippen LogP contribution is -2.27. The van der Waals surface area contributed by atoms with Crippen LogP contribution in [0.3, 0.4) is 0 Å². The van der Waals surface area contributed by atoms with Crippen LogP contribution in [0, 0.1) is 0 Å². The van der Waals surface area contributed by atoms with Crippen molar-refractivity contribution in [3.05, 3.63) is 64.2 Å². The van der Waals surface area contributed by atoms with Crippen molar-refractivity contribution in [2.75, 3.05) is 0 Å². The molecule has 24 heavy (non-hydrogen) atoms. The number of H-pyrrole nitrogens is 1. The highest BCUT2D eigenvalue weighted by atomic mass is 35.5. The van der Waals surface area contributed by atoms with Crippen LogP contribution in [0.15, 0.2) is 42.6 Å². The van der Waals surface area contributed by atoms with Gasteiger partial charge in [0.1, 0.15) is 11.0 Å². The quantitative estimate of drug-likeness (QED) is 0.694. The van der Waals surface area contributed by atoms with Crippen LogP contribution >= 0.6 is 23.2 Å². The molecule has 1 atom stereocenters. The Balaban J connectivity index is 1.74. The third kappa shape index (κ3) is 3.55. The monoisotopic (exact) mass is 361 g/mol. The molecule has 1 aromatic carbocycles. The largest absolute Gasteiger partial charge is 0.342 e. The van der Waals surface area contributed by atoms with E-state index in [0.717, 1.165) is 5.56 Å². The number of pyridine rings is 1. The third-order valence-electron chi connectivity index (χ3n) is 3.37. The Hall–Kier alpha value is -2.44. The first kappa shape index (κ1) is 16.4. The van der Waals surface area contributed by atoms with Gasteiger partial charge in [-0.3, -0.25) is 9.89 Å². The van der Waals surface area contributed by atoms with Gasteiger partial charge >= 0.3 is 0 Å². The number of nitrogens with zero attached hydrogens (tertiary/aromatic N) is 3. The summed E-state index contributed by atoms with van der Waals surface area (Å²) in [5, 5.41) is 10.6. The maximum Gasteiger partial charge on any atom is 0.254 e. The number of rotatable bonds is 4. The van der Waals surface area contributed by atoms with Crippen LogP contribution in [0.2, 0.25) is 10.2 Å². The zero-order valence-electron chi connectivity index (χ0n) is 12.6. The second kappa shape index (κ2) is 6.98. The molecule has 122 valence electrons.